The fourth-order valence-electron chi connectivity index (χ4n) is 2.77. The summed E-state index contributed by atoms with van der Waals surface area (Å²) in [7, 11) is 0. The third-order valence-corrected chi connectivity index (χ3v) is 3.72. The fourth-order valence-corrected chi connectivity index (χ4v) is 2.77. The summed E-state index contributed by atoms with van der Waals surface area (Å²) in [6.07, 6.45) is 1.92. The molecule has 1 aliphatic heterocycles. The van der Waals surface area contributed by atoms with Crippen LogP contribution in [0, 0.1) is 0 Å². The number of carbonyl (C=O) groups is 1. The lowest BCUT2D eigenvalue weighted by atomic mass is 10.1. The van der Waals surface area contributed by atoms with Gasteiger partial charge in [-0.1, -0.05) is 18.2 Å². The van der Waals surface area contributed by atoms with Crippen LogP contribution in [-0.4, -0.2) is 41.9 Å². The first-order valence-electron chi connectivity index (χ1n) is 7.18. The lowest BCUT2D eigenvalue weighted by Crippen LogP contribution is -2.24. The number of fused-ring (bicyclic) bond motifs is 1. The van der Waals surface area contributed by atoms with E-state index in [-0.39, 0.29) is 12.1 Å². The Labute approximate surface area is 123 Å². The first-order valence-corrected chi connectivity index (χ1v) is 7.18. The summed E-state index contributed by atoms with van der Waals surface area (Å²) in [5.41, 5.74) is 2.11. The predicted octanol–water partition coefficient (Wildman–Crippen LogP) is 1.98. The topological polar surface area (TPSA) is 62.7 Å². The lowest BCUT2D eigenvalue weighted by Gasteiger charge is -2.22. The third kappa shape index (κ3) is 2.56. The van der Waals surface area contributed by atoms with Gasteiger partial charge >= 0.3 is 5.97 Å². The molecule has 1 aromatic carbocycles. The average molecular weight is 286 g/mol. The van der Waals surface area contributed by atoms with Crippen molar-refractivity contribution < 1.29 is 14.6 Å². The van der Waals surface area contributed by atoms with Crippen LogP contribution in [0.1, 0.15) is 23.7 Å². The van der Waals surface area contributed by atoms with Gasteiger partial charge in [-0.15, -0.1) is 0 Å². The molecular weight excluding hydrogens is 268 g/mol. The molecule has 3 rings (SSSR count). The summed E-state index contributed by atoms with van der Waals surface area (Å²) in [6.45, 7) is 3.36. The van der Waals surface area contributed by atoms with Gasteiger partial charge in [0.15, 0.2) is 0 Å². The summed E-state index contributed by atoms with van der Waals surface area (Å²) in [4.78, 5) is 18.6. The fraction of sp³-hybridized carbons (Fsp3) is 0.375. The second-order valence-corrected chi connectivity index (χ2v) is 5.15. The van der Waals surface area contributed by atoms with Crippen molar-refractivity contribution in [2.24, 2.45) is 0 Å². The van der Waals surface area contributed by atoms with Gasteiger partial charge in [-0.25, -0.2) is 4.79 Å². The molecular formula is C16H18N2O3. The largest absolute Gasteiger partial charge is 0.462 e. The zero-order valence-corrected chi connectivity index (χ0v) is 12.0. The van der Waals surface area contributed by atoms with Gasteiger partial charge in [0, 0.05) is 24.7 Å². The number of aliphatic hydroxyl groups is 1. The van der Waals surface area contributed by atoms with E-state index >= 15 is 0 Å². The number of benzene rings is 1. The maximum Gasteiger partial charge on any atom is 0.341 e. The maximum atomic E-state index is 12.2. The molecule has 21 heavy (non-hydrogen) atoms. The number of pyridine rings is 1. The van der Waals surface area contributed by atoms with Crippen LogP contribution in [0.15, 0.2) is 30.5 Å². The van der Waals surface area contributed by atoms with Crippen molar-refractivity contribution in [3.8, 4) is 0 Å². The molecule has 1 saturated heterocycles. The van der Waals surface area contributed by atoms with Crippen LogP contribution in [-0.2, 0) is 4.74 Å². The van der Waals surface area contributed by atoms with Crippen molar-refractivity contribution in [3.05, 3.63) is 36.0 Å². The molecule has 0 bridgehead atoms. The number of carbonyl (C=O) groups excluding carboxylic acids is 1. The van der Waals surface area contributed by atoms with E-state index in [0.717, 1.165) is 23.1 Å². The number of nitrogens with zero attached hydrogens (tertiary/aromatic N) is 2. The van der Waals surface area contributed by atoms with E-state index in [1.807, 2.05) is 29.2 Å². The first-order chi connectivity index (χ1) is 10.2. The van der Waals surface area contributed by atoms with E-state index in [1.54, 1.807) is 13.1 Å². The van der Waals surface area contributed by atoms with Gasteiger partial charge in [0.25, 0.3) is 0 Å². The molecule has 2 heterocycles. The highest BCUT2D eigenvalue weighted by molar-refractivity contribution is 6.05. The van der Waals surface area contributed by atoms with Crippen LogP contribution in [0.2, 0.25) is 0 Å². The molecule has 1 atom stereocenters. The molecule has 0 saturated carbocycles. The average Bonchev–Trinajstić information content (AvgIpc) is 2.92. The Morgan fingerprint density at radius 3 is 3.00 bits per heavy atom. The summed E-state index contributed by atoms with van der Waals surface area (Å²) in [6, 6.07) is 7.71. The molecule has 0 aliphatic carbocycles. The molecule has 1 aliphatic rings. The van der Waals surface area contributed by atoms with Crippen molar-refractivity contribution in [1.29, 1.82) is 0 Å². The van der Waals surface area contributed by atoms with Crippen LogP contribution in [0.4, 0.5) is 5.69 Å². The summed E-state index contributed by atoms with van der Waals surface area (Å²) in [5, 5.41) is 10.7. The van der Waals surface area contributed by atoms with Gasteiger partial charge < -0.3 is 14.7 Å². The van der Waals surface area contributed by atoms with Crippen molar-refractivity contribution in [2.75, 3.05) is 24.6 Å². The number of para-hydroxylation sites is 1. The monoisotopic (exact) mass is 286 g/mol. The highest BCUT2D eigenvalue weighted by atomic mass is 16.5. The molecule has 2 aromatic rings. The Morgan fingerprint density at radius 2 is 2.29 bits per heavy atom. The Hall–Kier alpha value is -2.14. The quantitative estimate of drug-likeness (QED) is 0.874. The second-order valence-electron chi connectivity index (χ2n) is 5.15. The highest BCUT2D eigenvalue weighted by Crippen LogP contribution is 2.32. The number of esters is 1. The van der Waals surface area contributed by atoms with Crippen LogP contribution in [0.3, 0.4) is 0 Å². The summed E-state index contributed by atoms with van der Waals surface area (Å²) in [5.74, 6) is -0.368. The van der Waals surface area contributed by atoms with Crippen LogP contribution in [0.5, 0.6) is 0 Å². The number of hydrogen-bond donors (Lipinski definition) is 1. The molecule has 5 heteroatoms. The molecule has 0 radical (unpaired) electrons. The highest BCUT2D eigenvalue weighted by Gasteiger charge is 2.27. The number of rotatable bonds is 3. The molecule has 1 N–H and O–H groups in total. The van der Waals surface area contributed by atoms with Crippen LogP contribution >= 0.6 is 0 Å². The summed E-state index contributed by atoms with van der Waals surface area (Å²) >= 11 is 0. The van der Waals surface area contributed by atoms with E-state index < -0.39 is 0 Å². The Kier molecular flexibility index (Phi) is 3.75. The zero-order chi connectivity index (χ0) is 14.8. The van der Waals surface area contributed by atoms with Gasteiger partial charge in [0.1, 0.15) is 5.56 Å². The smallest absolute Gasteiger partial charge is 0.341 e. The second kappa shape index (κ2) is 5.69. The van der Waals surface area contributed by atoms with Gasteiger partial charge in [0.05, 0.1) is 23.9 Å². The number of aromatic nitrogens is 1. The molecule has 0 amide bonds. The van der Waals surface area contributed by atoms with Gasteiger partial charge in [-0.3, -0.25) is 4.98 Å². The SMILES string of the molecule is CCOC(=O)c1cnc2ccccc2c1N1CC[C@H](O)C1. The Morgan fingerprint density at radius 1 is 1.48 bits per heavy atom. The lowest BCUT2D eigenvalue weighted by molar-refractivity contribution is 0.0526. The number of ether oxygens (including phenoxy) is 1. The molecule has 1 fully saturated rings. The normalized spacial score (nSPS) is 18.2. The van der Waals surface area contributed by atoms with E-state index in [0.29, 0.717) is 25.1 Å². The molecule has 5 nitrogen and oxygen atoms in total. The first kappa shape index (κ1) is 13.8. The third-order valence-electron chi connectivity index (χ3n) is 3.72. The number of hydrogen-bond acceptors (Lipinski definition) is 5. The molecule has 1 aromatic heterocycles. The van der Waals surface area contributed by atoms with Crippen LogP contribution < -0.4 is 4.90 Å². The predicted molar refractivity (Wildman–Crippen MR) is 80.5 cm³/mol. The molecule has 0 spiro atoms. The van der Waals surface area contributed by atoms with Crippen molar-refractivity contribution in [1.82, 2.24) is 4.98 Å². The van der Waals surface area contributed by atoms with Crippen LogP contribution in [0.25, 0.3) is 10.9 Å². The minimum atomic E-state index is -0.368. The van der Waals surface area contributed by atoms with Crippen molar-refractivity contribution in [2.45, 2.75) is 19.4 Å². The maximum absolute atomic E-state index is 12.2. The Bertz CT molecular complexity index is 672. The summed E-state index contributed by atoms with van der Waals surface area (Å²) < 4.78 is 5.14. The molecule has 0 unspecified atom stereocenters. The van der Waals surface area contributed by atoms with Gasteiger partial charge in [0.2, 0.25) is 0 Å². The number of aliphatic hydroxyl groups excluding tert-OH is 1. The standard InChI is InChI=1S/C16H18N2O3/c1-2-21-16(20)13-9-17-14-6-4-3-5-12(14)15(13)18-8-7-11(19)10-18/h3-6,9,11,19H,2,7-8,10H2,1H3/t11-/m0/s1. The Balaban J connectivity index is 2.15. The van der Waals surface area contributed by atoms with Gasteiger partial charge in [-0.2, -0.15) is 0 Å². The molecule has 110 valence electrons. The van der Waals surface area contributed by atoms with Gasteiger partial charge in [-0.05, 0) is 19.4 Å². The minimum absolute atomic E-state index is 0.327. The van der Waals surface area contributed by atoms with E-state index in [1.165, 1.54) is 0 Å². The minimum Gasteiger partial charge on any atom is -0.462 e. The van der Waals surface area contributed by atoms with Crippen molar-refractivity contribution >= 4 is 22.6 Å². The zero-order valence-electron chi connectivity index (χ0n) is 12.0. The van der Waals surface area contributed by atoms with E-state index in [9.17, 15) is 9.90 Å². The number of β-amino-alcohol motifs (C(OH)–C–C–N with tert-alkyl or cyclic N) is 1. The van der Waals surface area contributed by atoms with E-state index in [2.05, 4.69) is 4.98 Å². The van der Waals surface area contributed by atoms with E-state index in [4.69, 9.17) is 4.74 Å². The van der Waals surface area contributed by atoms with Crippen molar-refractivity contribution in [3.63, 3.8) is 0 Å². The number of anilines is 1.